The minimum Gasteiger partial charge on any atom is -0.338 e. The van der Waals surface area contributed by atoms with Crippen LogP contribution in [0.3, 0.4) is 0 Å². The van der Waals surface area contributed by atoms with Crippen molar-refractivity contribution in [3.05, 3.63) is 70.7 Å². The molecule has 138 valence electrons. The highest BCUT2D eigenvalue weighted by atomic mass is 35.5. The number of halogens is 1. The average molecular weight is 389 g/mol. The summed E-state index contributed by atoms with van der Waals surface area (Å²) in [6, 6.07) is 18.5. The summed E-state index contributed by atoms with van der Waals surface area (Å²) in [6.07, 6.45) is 2.89. The molecule has 1 saturated heterocycles. The second-order valence-corrected chi connectivity index (χ2v) is 8.20. The Balaban J connectivity index is 1.43. The van der Waals surface area contributed by atoms with Crippen molar-refractivity contribution in [1.82, 2.24) is 10.2 Å². The van der Waals surface area contributed by atoms with Gasteiger partial charge in [0.1, 0.15) is 0 Å². The van der Waals surface area contributed by atoms with Gasteiger partial charge in [-0.25, -0.2) is 4.79 Å². The first kappa shape index (κ1) is 19.1. The quantitative estimate of drug-likeness (QED) is 0.717. The second-order valence-electron chi connectivity index (χ2n) is 6.48. The molecule has 5 heteroatoms. The second kappa shape index (κ2) is 9.89. The molecule has 0 radical (unpaired) electrons. The number of nitrogens with one attached hydrogen (secondary N) is 1. The summed E-state index contributed by atoms with van der Waals surface area (Å²) < 4.78 is 0. The summed E-state index contributed by atoms with van der Waals surface area (Å²) in [6.45, 7) is 2.27. The Morgan fingerprint density at radius 1 is 1.12 bits per heavy atom. The van der Waals surface area contributed by atoms with Crippen molar-refractivity contribution in [3.63, 3.8) is 0 Å². The van der Waals surface area contributed by atoms with Gasteiger partial charge in [-0.15, -0.1) is 0 Å². The Kier molecular flexibility index (Phi) is 7.27. The fraction of sp³-hybridized carbons (Fsp3) is 0.381. The van der Waals surface area contributed by atoms with Crippen LogP contribution >= 0.6 is 23.4 Å². The standard InChI is InChI=1S/C21H25ClN2OS/c22-19-11-5-4-10-18(19)20-12-14-24(15-16-26-20)21(25)23-13-6-9-17-7-2-1-3-8-17/h1-5,7-8,10-11,20H,6,9,12-16H2,(H,23,25). The van der Waals surface area contributed by atoms with E-state index in [0.29, 0.717) is 11.8 Å². The molecular formula is C21H25ClN2OS. The van der Waals surface area contributed by atoms with E-state index < -0.39 is 0 Å². The molecule has 1 atom stereocenters. The lowest BCUT2D eigenvalue weighted by atomic mass is 10.1. The molecule has 0 bridgehead atoms. The van der Waals surface area contributed by atoms with E-state index >= 15 is 0 Å². The van der Waals surface area contributed by atoms with Crippen LogP contribution in [-0.4, -0.2) is 36.3 Å². The van der Waals surface area contributed by atoms with Crippen molar-refractivity contribution in [2.24, 2.45) is 0 Å². The number of amides is 2. The maximum absolute atomic E-state index is 12.5. The minimum atomic E-state index is 0.0541. The highest BCUT2D eigenvalue weighted by Crippen LogP contribution is 2.37. The van der Waals surface area contributed by atoms with E-state index in [4.69, 9.17) is 11.6 Å². The minimum absolute atomic E-state index is 0.0541. The van der Waals surface area contributed by atoms with Crippen molar-refractivity contribution in [2.45, 2.75) is 24.5 Å². The number of hydrogen-bond donors (Lipinski definition) is 1. The van der Waals surface area contributed by atoms with Crippen molar-refractivity contribution in [2.75, 3.05) is 25.4 Å². The Morgan fingerprint density at radius 3 is 2.69 bits per heavy atom. The van der Waals surface area contributed by atoms with E-state index in [-0.39, 0.29) is 6.03 Å². The van der Waals surface area contributed by atoms with Gasteiger partial charge < -0.3 is 10.2 Å². The molecule has 2 amide bonds. The largest absolute Gasteiger partial charge is 0.338 e. The molecule has 2 aromatic carbocycles. The molecule has 0 saturated carbocycles. The van der Waals surface area contributed by atoms with Crippen LogP contribution in [0.4, 0.5) is 4.79 Å². The van der Waals surface area contributed by atoms with Crippen LogP contribution < -0.4 is 5.32 Å². The van der Waals surface area contributed by atoms with E-state index in [0.717, 1.165) is 43.1 Å². The molecule has 0 aromatic heterocycles. The maximum atomic E-state index is 12.5. The summed E-state index contributed by atoms with van der Waals surface area (Å²) in [5.74, 6) is 0.938. The Hall–Kier alpha value is -1.65. The molecule has 1 N–H and O–H groups in total. The molecule has 1 unspecified atom stereocenters. The average Bonchev–Trinajstić information content (AvgIpc) is 2.92. The summed E-state index contributed by atoms with van der Waals surface area (Å²) in [7, 11) is 0. The molecule has 3 nitrogen and oxygen atoms in total. The predicted molar refractivity (Wildman–Crippen MR) is 111 cm³/mol. The van der Waals surface area contributed by atoms with Crippen LogP contribution in [0.25, 0.3) is 0 Å². The lowest BCUT2D eigenvalue weighted by Gasteiger charge is -2.21. The lowest BCUT2D eigenvalue weighted by Crippen LogP contribution is -2.41. The third-order valence-corrected chi connectivity index (χ3v) is 6.30. The van der Waals surface area contributed by atoms with Crippen molar-refractivity contribution >= 4 is 29.4 Å². The number of carbonyl (C=O) groups excluding carboxylic acids is 1. The number of benzene rings is 2. The number of hydrogen-bond acceptors (Lipinski definition) is 2. The monoisotopic (exact) mass is 388 g/mol. The van der Waals surface area contributed by atoms with Crippen LogP contribution in [0.5, 0.6) is 0 Å². The Bertz CT molecular complexity index is 710. The topological polar surface area (TPSA) is 32.3 Å². The van der Waals surface area contributed by atoms with Crippen LogP contribution in [-0.2, 0) is 6.42 Å². The van der Waals surface area contributed by atoms with Gasteiger partial charge in [-0.1, -0.05) is 60.1 Å². The summed E-state index contributed by atoms with van der Waals surface area (Å²) in [4.78, 5) is 14.4. The molecule has 2 aromatic rings. The van der Waals surface area contributed by atoms with E-state index in [1.165, 1.54) is 11.1 Å². The Morgan fingerprint density at radius 2 is 1.88 bits per heavy atom. The van der Waals surface area contributed by atoms with Gasteiger partial charge in [0.15, 0.2) is 0 Å². The number of carbonyl (C=O) groups is 1. The molecule has 0 aliphatic carbocycles. The third kappa shape index (κ3) is 5.42. The van der Waals surface area contributed by atoms with Gasteiger partial charge in [0.05, 0.1) is 0 Å². The highest BCUT2D eigenvalue weighted by molar-refractivity contribution is 7.99. The number of nitrogens with zero attached hydrogens (tertiary/aromatic N) is 1. The first-order valence-corrected chi connectivity index (χ1v) is 10.6. The van der Waals surface area contributed by atoms with E-state index in [9.17, 15) is 4.79 Å². The zero-order valence-corrected chi connectivity index (χ0v) is 16.4. The van der Waals surface area contributed by atoms with Crippen molar-refractivity contribution < 1.29 is 4.79 Å². The first-order valence-electron chi connectivity index (χ1n) is 9.17. The highest BCUT2D eigenvalue weighted by Gasteiger charge is 2.23. The number of thioether (sulfide) groups is 1. The normalized spacial score (nSPS) is 17.6. The van der Waals surface area contributed by atoms with Gasteiger partial charge in [-0.2, -0.15) is 11.8 Å². The molecule has 3 rings (SSSR count). The fourth-order valence-corrected chi connectivity index (χ4v) is 4.80. The van der Waals surface area contributed by atoms with E-state index in [1.807, 2.05) is 40.9 Å². The lowest BCUT2D eigenvalue weighted by molar-refractivity contribution is 0.201. The van der Waals surface area contributed by atoms with E-state index in [1.54, 1.807) is 0 Å². The summed E-state index contributed by atoms with van der Waals surface area (Å²) in [5, 5.41) is 4.25. The third-order valence-electron chi connectivity index (χ3n) is 4.64. The molecule has 0 spiro atoms. The first-order chi connectivity index (χ1) is 12.7. The number of urea groups is 1. The number of aryl methyl sites for hydroxylation is 1. The van der Waals surface area contributed by atoms with Crippen molar-refractivity contribution in [3.8, 4) is 0 Å². The van der Waals surface area contributed by atoms with Gasteiger partial charge in [0.25, 0.3) is 0 Å². The zero-order valence-electron chi connectivity index (χ0n) is 14.9. The van der Waals surface area contributed by atoms with E-state index in [2.05, 4.69) is 35.6 Å². The maximum Gasteiger partial charge on any atom is 0.317 e. The van der Waals surface area contributed by atoms with Gasteiger partial charge in [-0.05, 0) is 36.5 Å². The summed E-state index contributed by atoms with van der Waals surface area (Å²) in [5.41, 5.74) is 2.50. The van der Waals surface area contributed by atoms with Crippen LogP contribution in [0.15, 0.2) is 54.6 Å². The van der Waals surface area contributed by atoms with Crippen LogP contribution in [0, 0.1) is 0 Å². The van der Waals surface area contributed by atoms with Gasteiger partial charge in [-0.3, -0.25) is 0 Å². The smallest absolute Gasteiger partial charge is 0.317 e. The van der Waals surface area contributed by atoms with Gasteiger partial charge in [0.2, 0.25) is 0 Å². The molecule has 1 fully saturated rings. The van der Waals surface area contributed by atoms with Gasteiger partial charge in [0, 0.05) is 35.7 Å². The summed E-state index contributed by atoms with van der Waals surface area (Å²) >= 11 is 8.23. The molecule has 1 aliphatic rings. The number of rotatable bonds is 5. The molecule has 26 heavy (non-hydrogen) atoms. The predicted octanol–water partition coefficient (Wildman–Crippen LogP) is 5.16. The molecular weight excluding hydrogens is 364 g/mol. The molecule has 1 aliphatic heterocycles. The molecule has 1 heterocycles. The fourth-order valence-electron chi connectivity index (χ4n) is 3.20. The van der Waals surface area contributed by atoms with Crippen molar-refractivity contribution in [1.29, 1.82) is 0 Å². The SMILES string of the molecule is O=C(NCCCc1ccccc1)N1CCSC(c2ccccc2Cl)CC1. The Labute approximate surface area is 165 Å². The van der Waals surface area contributed by atoms with Crippen LogP contribution in [0.1, 0.15) is 29.2 Å². The zero-order chi connectivity index (χ0) is 18.2. The van der Waals surface area contributed by atoms with Crippen LogP contribution in [0.2, 0.25) is 5.02 Å². The van der Waals surface area contributed by atoms with Gasteiger partial charge >= 0.3 is 6.03 Å².